The summed E-state index contributed by atoms with van der Waals surface area (Å²) in [5.41, 5.74) is 0. The lowest BCUT2D eigenvalue weighted by Gasteiger charge is -2.34. The van der Waals surface area contributed by atoms with Gasteiger partial charge in [0.15, 0.2) is 0 Å². The normalized spacial score (nSPS) is 30.1. The topological polar surface area (TPSA) is 49.4 Å². The Morgan fingerprint density at radius 2 is 1.94 bits per heavy atom. The van der Waals surface area contributed by atoms with Crippen molar-refractivity contribution in [1.29, 1.82) is 0 Å². The zero-order valence-corrected chi connectivity index (χ0v) is 10.2. The fourth-order valence-electron chi connectivity index (χ4n) is 2.79. The summed E-state index contributed by atoms with van der Waals surface area (Å²) >= 11 is 0. The van der Waals surface area contributed by atoms with E-state index >= 15 is 0 Å². The van der Waals surface area contributed by atoms with Crippen LogP contribution in [0.1, 0.15) is 38.5 Å². The van der Waals surface area contributed by atoms with E-state index < -0.39 is 0 Å². The van der Waals surface area contributed by atoms with Gasteiger partial charge in [0.2, 0.25) is 11.8 Å². The van der Waals surface area contributed by atoms with Crippen LogP contribution >= 0.6 is 0 Å². The average Bonchev–Trinajstić information content (AvgIpc) is 3.04. The molecule has 1 N–H and O–H groups in total. The number of nitrogens with one attached hydrogen (secondary N) is 1. The largest absolute Gasteiger partial charge is 0.342 e. The molecule has 3 rings (SSSR count). The molecule has 2 aliphatic carbocycles. The molecule has 0 bridgehead atoms. The lowest BCUT2D eigenvalue weighted by molar-refractivity contribution is -0.145. The lowest BCUT2D eigenvalue weighted by Crippen LogP contribution is -2.59. The summed E-state index contributed by atoms with van der Waals surface area (Å²) in [6.07, 6.45) is 7.21. The zero-order chi connectivity index (χ0) is 11.8. The number of nitrogens with zero attached hydrogens (tertiary/aromatic N) is 1. The van der Waals surface area contributed by atoms with E-state index in [-0.39, 0.29) is 24.4 Å². The maximum absolute atomic E-state index is 12.2. The highest BCUT2D eigenvalue weighted by Gasteiger charge is 2.42. The SMILES string of the molecule is O=C1CN(CCC2CCC2)C(=O)C(C2CC2)N1. The maximum atomic E-state index is 12.2. The molecule has 0 aromatic rings. The molecule has 0 aromatic carbocycles. The van der Waals surface area contributed by atoms with Crippen molar-refractivity contribution in [2.24, 2.45) is 11.8 Å². The first-order chi connectivity index (χ1) is 8.24. The minimum Gasteiger partial charge on any atom is -0.342 e. The van der Waals surface area contributed by atoms with Gasteiger partial charge in [-0.05, 0) is 31.1 Å². The van der Waals surface area contributed by atoms with Crippen molar-refractivity contribution in [3.05, 3.63) is 0 Å². The highest BCUT2D eigenvalue weighted by Crippen LogP contribution is 2.35. The van der Waals surface area contributed by atoms with Gasteiger partial charge in [-0.2, -0.15) is 0 Å². The third kappa shape index (κ3) is 2.31. The summed E-state index contributed by atoms with van der Waals surface area (Å²) in [5.74, 6) is 1.40. The Labute approximate surface area is 102 Å². The Kier molecular flexibility index (Phi) is 2.81. The van der Waals surface area contributed by atoms with Gasteiger partial charge in [-0.1, -0.05) is 19.3 Å². The Hall–Kier alpha value is -1.06. The second-order valence-corrected chi connectivity index (χ2v) is 5.73. The van der Waals surface area contributed by atoms with Crippen molar-refractivity contribution >= 4 is 11.8 Å². The first kappa shape index (κ1) is 11.1. The molecule has 1 atom stereocenters. The van der Waals surface area contributed by atoms with Crippen LogP contribution in [0.15, 0.2) is 0 Å². The molecule has 17 heavy (non-hydrogen) atoms. The van der Waals surface area contributed by atoms with Crippen LogP contribution in [0.3, 0.4) is 0 Å². The quantitative estimate of drug-likeness (QED) is 0.789. The molecule has 4 heteroatoms. The zero-order valence-electron chi connectivity index (χ0n) is 10.2. The second kappa shape index (κ2) is 4.31. The van der Waals surface area contributed by atoms with Gasteiger partial charge in [-0.25, -0.2) is 0 Å². The number of rotatable bonds is 4. The number of amides is 2. The predicted octanol–water partition coefficient (Wildman–Crippen LogP) is 0.914. The van der Waals surface area contributed by atoms with Crippen LogP contribution in [0.5, 0.6) is 0 Å². The van der Waals surface area contributed by atoms with Gasteiger partial charge in [0, 0.05) is 6.54 Å². The third-order valence-corrected chi connectivity index (χ3v) is 4.35. The van der Waals surface area contributed by atoms with Crippen LogP contribution in [-0.2, 0) is 9.59 Å². The fourth-order valence-corrected chi connectivity index (χ4v) is 2.79. The van der Waals surface area contributed by atoms with Crippen molar-refractivity contribution in [2.75, 3.05) is 13.1 Å². The molecule has 94 valence electrons. The van der Waals surface area contributed by atoms with Gasteiger partial charge in [0.1, 0.15) is 6.04 Å². The average molecular weight is 236 g/mol. The molecule has 0 aromatic heterocycles. The minimum absolute atomic E-state index is 0.0232. The van der Waals surface area contributed by atoms with Gasteiger partial charge in [0.25, 0.3) is 0 Å². The van der Waals surface area contributed by atoms with Gasteiger partial charge >= 0.3 is 0 Å². The van der Waals surface area contributed by atoms with Crippen molar-refractivity contribution in [3.8, 4) is 0 Å². The van der Waals surface area contributed by atoms with Crippen molar-refractivity contribution in [3.63, 3.8) is 0 Å². The Morgan fingerprint density at radius 1 is 1.18 bits per heavy atom. The Balaban J connectivity index is 1.57. The summed E-state index contributed by atoms with van der Waals surface area (Å²) in [4.78, 5) is 25.5. The van der Waals surface area contributed by atoms with E-state index in [0.717, 1.165) is 31.7 Å². The van der Waals surface area contributed by atoms with Crippen LogP contribution in [0.2, 0.25) is 0 Å². The highest BCUT2D eigenvalue weighted by atomic mass is 16.2. The van der Waals surface area contributed by atoms with Crippen LogP contribution in [0.4, 0.5) is 0 Å². The number of hydrogen-bond acceptors (Lipinski definition) is 2. The molecular formula is C13H20N2O2. The van der Waals surface area contributed by atoms with Crippen molar-refractivity contribution in [1.82, 2.24) is 10.2 Å². The number of carbonyl (C=O) groups is 2. The molecule has 2 saturated carbocycles. The summed E-state index contributed by atoms with van der Waals surface area (Å²) in [6.45, 7) is 1.05. The summed E-state index contributed by atoms with van der Waals surface area (Å²) in [6, 6.07) is -0.211. The molecule has 1 unspecified atom stereocenters. The van der Waals surface area contributed by atoms with E-state index in [0.29, 0.717) is 5.92 Å². The lowest BCUT2D eigenvalue weighted by atomic mass is 9.83. The van der Waals surface area contributed by atoms with Gasteiger partial charge in [-0.15, -0.1) is 0 Å². The molecule has 1 heterocycles. The van der Waals surface area contributed by atoms with Gasteiger partial charge in [-0.3, -0.25) is 9.59 Å². The van der Waals surface area contributed by atoms with E-state index in [2.05, 4.69) is 5.32 Å². The summed E-state index contributed by atoms with van der Waals surface area (Å²) < 4.78 is 0. The smallest absolute Gasteiger partial charge is 0.245 e. The monoisotopic (exact) mass is 236 g/mol. The van der Waals surface area contributed by atoms with E-state index in [1.807, 2.05) is 0 Å². The van der Waals surface area contributed by atoms with E-state index in [9.17, 15) is 9.59 Å². The molecular weight excluding hydrogens is 216 g/mol. The molecule has 4 nitrogen and oxygen atoms in total. The summed E-state index contributed by atoms with van der Waals surface area (Å²) in [5, 5.41) is 2.84. The number of hydrogen-bond donors (Lipinski definition) is 1. The molecule has 1 aliphatic heterocycles. The van der Waals surface area contributed by atoms with E-state index in [1.165, 1.54) is 19.3 Å². The van der Waals surface area contributed by atoms with E-state index in [1.54, 1.807) is 4.90 Å². The molecule has 3 aliphatic rings. The maximum Gasteiger partial charge on any atom is 0.245 e. The molecule has 1 saturated heterocycles. The minimum atomic E-state index is -0.211. The highest BCUT2D eigenvalue weighted by molar-refractivity contribution is 5.95. The summed E-state index contributed by atoms with van der Waals surface area (Å²) in [7, 11) is 0. The van der Waals surface area contributed by atoms with Crippen molar-refractivity contribution < 1.29 is 9.59 Å². The molecule has 0 radical (unpaired) electrons. The van der Waals surface area contributed by atoms with Crippen LogP contribution in [0, 0.1) is 11.8 Å². The van der Waals surface area contributed by atoms with Gasteiger partial charge < -0.3 is 10.2 Å². The third-order valence-electron chi connectivity index (χ3n) is 4.35. The predicted molar refractivity (Wildman–Crippen MR) is 63.2 cm³/mol. The molecule has 2 amide bonds. The van der Waals surface area contributed by atoms with Crippen LogP contribution in [0.25, 0.3) is 0 Å². The van der Waals surface area contributed by atoms with Crippen LogP contribution < -0.4 is 5.32 Å². The Bertz CT molecular complexity index is 334. The standard InChI is InChI=1S/C13H20N2O2/c16-11-8-15(7-6-9-2-1-3-9)13(17)12(14-11)10-4-5-10/h9-10,12H,1-8H2,(H,14,16). The van der Waals surface area contributed by atoms with Crippen molar-refractivity contribution in [2.45, 2.75) is 44.6 Å². The number of piperazine rings is 1. The van der Waals surface area contributed by atoms with E-state index in [4.69, 9.17) is 0 Å². The number of carbonyl (C=O) groups excluding carboxylic acids is 2. The Morgan fingerprint density at radius 3 is 2.53 bits per heavy atom. The molecule has 0 spiro atoms. The second-order valence-electron chi connectivity index (χ2n) is 5.73. The first-order valence-electron chi connectivity index (χ1n) is 6.82. The molecule has 3 fully saturated rings. The first-order valence-corrected chi connectivity index (χ1v) is 6.82. The van der Waals surface area contributed by atoms with Gasteiger partial charge in [0.05, 0.1) is 6.54 Å². The van der Waals surface area contributed by atoms with Crippen LogP contribution in [-0.4, -0.2) is 35.8 Å². The fraction of sp³-hybridized carbons (Fsp3) is 0.846.